The quantitative estimate of drug-likeness (QED) is 0.533. The van der Waals surface area contributed by atoms with Gasteiger partial charge in [-0.15, -0.1) is 0 Å². The summed E-state index contributed by atoms with van der Waals surface area (Å²) in [7, 11) is 0. The largest absolute Gasteiger partial charge is 0.383 e. The molecule has 0 bridgehead atoms. The average molecular weight is 438 g/mol. The number of para-hydroxylation sites is 1. The van der Waals surface area contributed by atoms with Gasteiger partial charge in [0.05, 0.1) is 0 Å². The monoisotopic (exact) mass is 434 g/mol. The van der Waals surface area contributed by atoms with Gasteiger partial charge < -0.3 is 17.6 Å². The van der Waals surface area contributed by atoms with Crippen molar-refractivity contribution in [2.45, 2.75) is 6.54 Å². The molecule has 0 aromatic heterocycles. The minimum Gasteiger partial charge on any atom is -0.383 e. The van der Waals surface area contributed by atoms with Crippen molar-refractivity contribution in [3.8, 4) is 0 Å². The van der Waals surface area contributed by atoms with Crippen LogP contribution in [0.15, 0.2) is 24.3 Å². The zero-order chi connectivity index (χ0) is 9.10. The molecule has 3 nitrogen and oxygen atoms in total. The predicted octanol–water partition coefficient (Wildman–Crippen LogP) is 1.52. The third kappa shape index (κ3) is 2.46. The summed E-state index contributed by atoms with van der Waals surface area (Å²) >= 11 is 0. The van der Waals surface area contributed by atoms with Gasteiger partial charge in [0.2, 0.25) is 6.41 Å². The van der Waals surface area contributed by atoms with E-state index in [1.165, 1.54) is 5.56 Å². The van der Waals surface area contributed by atoms with Crippen molar-refractivity contribution in [1.29, 1.82) is 0 Å². The first kappa shape index (κ1) is 12.5. The normalized spacial score (nSPS) is 13.5. The van der Waals surface area contributed by atoms with E-state index in [-0.39, 0.29) is 7.43 Å². The Morgan fingerprint density at radius 3 is 2.80 bits per heavy atom. The molecule has 1 N–H and O–H groups in total. The summed E-state index contributed by atoms with van der Waals surface area (Å²) in [5.74, 6) is 0. The van der Waals surface area contributed by atoms with Crippen LogP contribution in [0.2, 0.25) is 0 Å². The van der Waals surface area contributed by atoms with E-state index in [1.807, 2.05) is 24.3 Å². The van der Waals surface area contributed by atoms with Gasteiger partial charge in [0.15, 0.2) is 0 Å². The maximum absolute atomic E-state index is 10.6. The minimum absolute atomic E-state index is 0. The molecule has 1 aromatic rings. The van der Waals surface area contributed by atoms with Gasteiger partial charge in [0.1, 0.15) is 0 Å². The molecule has 0 atom stereocenters. The van der Waals surface area contributed by atoms with Crippen LogP contribution in [-0.2, 0) is 11.3 Å². The minimum atomic E-state index is 0. The Labute approximate surface area is 84.7 Å². The van der Waals surface area contributed by atoms with E-state index in [2.05, 4.69) is 5.32 Å². The number of nitrogens with one attached hydrogen (secondary N) is 1. The standard InChI is InChI=1S/C10H12N2O.CH3.Cm/c13-8-12-6-5-11-10-4-2-1-3-9(10)7-12;;/h1-4,8,11H,5-7H2;1H3;/q;-1;. The molecule has 0 radical (unpaired) electrons. The van der Waals surface area contributed by atoms with Crippen LogP contribution in [0.4, 0.5) is 5.69 Å². The van der Waals surface area contributed by atoms with Gasteiger partial charge in [-0.05, 0) is 11.6 Å². The van der Waals surface area contributed by atoms with Gasteiger partial charge in [0.25, 0.3) is 0 Å². The summed E-state index contributed by atoms with van der Waals surface area (Å²) in [6.45, 7) is 2.32. The summed E-state index contributed by atoms with van der Waals surface area (Å²) in [6, 6.07) is 8.09. The molecule has 1 aromatic carbocycles. The van der Waals surface area contributed by atoms with E-state index >= 15 is 0 Å². The van der Waals surface area contributed by atoms with Gasteiger partial charge in [-0.1, -0.05) is 18.2 Å². The number of anilines is 1. The number of hydrogen-bond acceptors (Lipinski definition) is 2. The SMILES string of the molecule is O=CN1CCNc2ccccc2C1.[CH3-].[Cm]. The first-order valence-corrected chi connectivity index (χ1v) is 4.41. The first-order chi connectivity index (χ1) is 6.40. The van der Waals surface area contributed by atoms with Crippen molar-refractivity contribution in [2.75, 3.05) is 18.4 Å². The van der Waals surface area contributed by atoms with Crippen molar-refractivity contribution >= 4 is 12.1 Å². The molecule has 0 aliphatic carbocycles. The number of hydrogen-bond donors (Lipinski definition) is 1. The summed E-state index contributed by atoms with van der Waals surface area (Å²) in [6.07, 6.45) is 0.907. The Kier molecular flexibility index (Phi) is 4.39. The smallest absolute Gasteiger partial charge is 0.210 e. The molecule has 15 heavy (non-hydrogen) atoms. The molecule has 0 saturated carbocycles. The first-order valence-electron chi connectivity index (χ1n) is 4.41. The molecule has 1 aliphatic rings. The van der Waals surface area contributed by atoms with Crippen molar-refractivity contribution in [2.24, 2.45) is 0 Å². The maximum atomic E-state index is 10.6. The van der Waals surface area contributed by atoms with Crippen LogP contribution in [0.25, 0.3) is 0 Å². The summed E-state index contributed by atoms with van der Waals surface area (Å²) in [4.78, 5) is 12.4. The number of carbonyl (C=O) groups is 1. The number of nitrogens with zero attached hydrogens (tertiary/aromatic N) is 1. The average Bonchev–Trinajstić information content (AvgIpc) is 2.38. The Balaban J connectivity index is 0.000000980. The number of fused-ring (bicyclic) bond motifs is 1. The Morgan fingerprint density at radius 2 is 2.07 bits per heavy atom. The molecule has 1 heterocycles. The summed E-state index contributed by atoms with van der Waals surface area (Å²) < 4.78 is 0. The van der Waals surface area contributed by atoms with E-state index in [0.29, 0.717) is 6.54 Å². The second kappa shape index (κ2) is 5.27. The molecule has 0 saturated heterocycles. The van der Waals surface area contributed by atoms with Gasteiger partial charge >= 0.3 is 0 Å². The number of benzene rings is 1. The molecule has 2 rings (SSSR count). The van der Waals surface area contributed by atoms with E-state index in [1.54, 1.807) is 4.90 Å². The molecular weight excluding hydrogens is 423 g/mol. The third-order valence-electron chi connectivity index (χ3n) is 2.25. The van der Waals surface area contributed by atoms with Crippen LogP contribution in [0.5, 0.6) is 0 Å². The topological polar surface area (TPSA) is 32.3 Å². The van der Waals surface area contributed by atoms with Gasteiger partial charge in [-0.25, -0.2) is 0 Å². The molecule has 4 heteroatoms. The zero-order valence-electron chi connectivity index (χ0n) is 8.72. The van der Waals surface area contributed by atoms with Crippen LogP contribution in [0, 0.1) is 7.43 Å². The van der Waals surface area contributed by atoms with E-state index in [0.717, 1.165) is 25.2 Å². The molecule has 0 spiro atoms. The molecule has 1 aliphatic heterocycles. The predicted molar refractivity (Wildman–Crippen MR) is 57.8 cm³/mol. The van der Waals surface area contributed by atoms with Crippen molar-refractivity contribution in [3.05, 3.63) is 37.3 Å². The molecule has 1 amide bonds. The Morgan fingerprint density at radius 1 is 1.33 bits per heavy atom. The van der Waals surface area contributed by atoms with Crippen LogP contribution >= 0.6 is 0 Å². The van der Waals surface area contributed by atoms with Crippen molar-refractivity contribution < 1.29 is 4.79 Å². The number of rotatable bonds is 1. The number of amides is 1. The maximum Gasteiger partial charge on any atom is 0.210 e. The Hall–Kier alpha value is -2.51. The fourth-order valence-corrected chi connectivity index (χ4v) is 1.55. The van der Waals surface area contributed by atoms with E-state index < -0.39 is 0 Å². The molecule has 0 unspecified atom stereocenters. The van der Waals surface area contributed by atoms with Crippen LogP contribution in [-0.4, -0.2) is 24.4 Å². The Bertz CT molecular complexity index is 317. The second-order valence-corrected chi connectivity index (χ2v) is 3.16. The van der Waals surface area contributed by atoms with Crippen LogP contribution in [0.1, 0.15) is 5.56 Å². The molecule has 84 valence electrons. The fourth-order valence-electron chi connectivity index (χ4n) is 1.55. The fraction of sp³-hybridized carbons (Fsp3) is 0.273. The van der Waals surface area contributed by atoms with Crippen molar-refractivity contribution in [1.82, 2.24) is 4.90 Å². The number of carbonyl (C=O) groups excluding carboxylic acids is 1. The molecule has 0 fully saturated rings. The van der Waals surface area contributed by atoms with Crippen LogP contribution in [0.3, 0.4) is 0 Å². The molecular formula is C11H15CmN2O-. The van der Waals surface area contributed by atoms with E-state index in [9.17, 15) is 4.79 Å². The second-order valence-electron chi connectivity index (χ2n) is 3.16. The van der Waals surface area contributed by atoms with Crippen molar-refractivity contribution in [3.63, 3.8) is 0 Å². The third-order valence-corrected chi connectivity index (χ3v) is 2.25. The van der Waals surface area contributed by atoms with E-state index in [4.69, 9.17) is 0 Å². The van der Waals surface area contributed by atoms with Gasteiger partial charge in [-0.3, -0.25) is 4.79 Å². The van der Waals surface area contributed by atoms with Crippen LogP contribution < -0.4 is 5.32 Å². The zero-order valence-corrected chi connectivity index (χ0v) is 11.7. The van der Waals surface area contributed by atoms with Gasteiger partial charge in [0, 0.05) is 25.3 Å². The summed E-state index contributed by atoms with van der Waals surface area (Å²) in [5, 5.41) is 3.29. The summed E-state index contributed by atoms with van der Waals surface area (Å²) in [5.41, 5.74) is 2.33. The van der Waals surface area contributed by atoms with Gasteiger partial charge in [-0.2, -0.15) is 0 Å².